The van der Waals surface area contributed by atoms with Gasteiger partial charge in [0, 0.05) is 11.9 Å². The van der Waals surface area contributed by atoms with Crippen LogP contribution in [-0.4, -0.2) is 11.9 Å². The van der Waals surface area contributed by atoms with Crippen LogP contribution in [0.3, 0.4) is 0 Å². The van der Waals surface area contributed by atoms with Crippen molar-refractivity contribution in [2.75, 3.05) is 11.9 Å². The Balaban J connectivity index is 2.19. The van der Waals surface area contributed by atoms with E-state index in [0.717, 1.165) is 18.4 Å². The summed E-state index contributed by atoms with van der Waals surface area (Å²) in [5.74, 6) is 0. The maximum Gasteiger partial charge on any atom is 0.0595 e. The van der Waals surface area contributed by atoms with E-state index in [4.69, 9.17) is 23.2 Å². The van der Waals surface area contributed by atoms with Crippen molar-refractivity contribution in [2.24, 2.45) is 0 Å². The largest absolute Gasteiger partial charge is 0.313 e. The van der Waals surface area contributed by atoms with Crippen molar-refractivity contribution >= 4 is 39.1 Å². The second-order valence-corrected chi connectivity index (χ2v) is 5.28. The zero-order valence-electron chi connectivity index (χ0n) is 9.11. The summed E-state index contributed by atoms with van der Waals surface area (Å²) in [5.41, 5.74) is 1.18. The fourth-order valence-corrected chi connectivity index (χ4v) is 2.12. The highest BCUT2D eigenvalue weighted by Crippen LogP contribution is 2.22. The van der Waals surface area contributed by atoms with E-state index in [1.54, 1.807) is 0 Å². The summed E-state index contributed by atoms with van der Waals surface area (Å²) in [6.07, 6.45) is 3.72. The standard InChI is InChI=1S/C12H16BrCl2N/c13-6-2-1-3-7-16-9-10-4-5-11(14)12(15)8-10/h4-5,8,16H,1-3,6-7,9H2. The van der Waals surface area contributed by atoms with E-state index in [0.29, 0.717) is 10.0 Å². The van der Waals surface area contributed by atoms with Gasteiger partial charge in [-0.05, 0) is 37.1 Å². The van der Waals surface area contributed by atoms with Crippen LogP contribution in [0.4, 0.5) is 0 Å². The lowest BCUT2D eigenvalue weighted by Crippen LogP contribution is -2.14. The molecule has 1 aromatic carbocycles. The number of rotatable bonds is 7. The summed E-state index contributed by atoms with van der Waals surface area (Å²) >= 11 is 15.2. The number of halogens is 3. The molecule has 0 amide bonds. The van der Waals surface area contributed by atoms with Gasteiger partial charge in [0.1, 0.15) is 0 Å². The molecule has 0 saturated heterocycles. The Morgan fingerprint density at radius 2 is 1.88 bits per heavy atom. The highest BCUT2D eigenvalue weighted by molar-refractivity contribution is 9.09. The van der Waals surface area contributed by atoms with E-state index < -0.39 is 0 Å². The Kier molecular flexibility index (Phi) is 7.46. The molecule has 0 fully saturated rings. The van der Waals surface area contributed by atoms with Gasteiger partial charge in [-0.3, -0.25) is 0 Å². The summed E-state index contributed by atoms with van der Waals surface area (Å²) < 4.78 is 0. The summed E-state index contributed by atoms with van der Waals surface area (Å²) in [4.78, 5) is 0. The van der Waals surface area contributed by atoms with Gasteiger partial charge in [0.25, 0.3) is 0 Å². The first kappa shape index (κ1) is 14.3. The molecule has 0 saturated carbocycles. The SMILES string of the molecule is Clc1ccc(CNCCCCCBr)cc1Cl. The van der Waals surface area contributed by atoms with Crippen molar-refractivity contribution in [1.82, 2.24) is 5.32 Å². The highest BCUT2D eigenvalue weighted by atomic mass is 79.9. The molecule has 1 aromatic rings. The molecule has 0 radical (unpaired) electrons. The minimum Gasteiger partial charge on any atom is -0.313 e. The molecule has 1 N–H and O–H groups in total. The first-order valence-corrected chi connectivity index (χ1v) is 7.32. The molecule has 90 valence electrons. The second kappa shape index (κ2) is 8.35. The van der Waals surface area contributed by atoms with E-state index in [1.807, 2.05) is 18.2 Å². The van der Waals surface area contributed by atoms with E-state index in [2.05, 4.69) is 21.2 Å². The molecule has 0 aliphatic rings. The van der Waals surface area contributed by atoms with Gasteiger partial charge >= 0.3 is 0 Å². The number of nitrogens with one attached hydrogen (secondary N) is 1. The number of unbranched alkanes of at least 4 members (excludes halogenated alkanes) is 2. The molecule has 0 unspecified atom stereocenters. The Morgan fingerprint density at radius 1 is 1.06 bits per heavy atom. The van der Waals surface area contributed by atoms with Crippen molar-refractivity contribution in [3.8, 4) is 0 Å². The fourth-order valence-electron chi connectivity index (χ4n) is 1.40. The Labute approximate surface area is 116 Å². The summed E-state index contributed by atoms with van der Waals surface area (Å²) in [5, 5.41) is 5.73. The summed E-state index contributed by atoms with van der Waals surface area (Å²) in [6.45, 7) is 1.90. The molecule has 4 heteroatoms. The maximum atomic E-state index is 5.93. The molecule has 0 bridgehead atoms. The molecule has 0 heterocycles. The summed E-state index contributed by atoms with van der Waals surface area (Å²) in [7, 11) is 0. The Bertz CT molecular complexity index is 318. The van der Waals surface area contributed by atoms with Crippen LogP contribution in [0.2, 0.25) is 10.0 Å². The molecular formula is C12H16BrCl2N. The van der Waals surface area contributed by atoms with Gasteiger partial charge < -0.3 is 5.32 Å². The van der Waals surface area contributed by atoms with Crippen molar-refractivity contribution in [3.05, 3.63) is 33.8 Å². The van der Waals surface area contributed by atoms with E-state index in [-0.39, 0.29) is 0 Å². The minimum atomic E-state index is 0.614. The molecule has 0 aromatic heterocycles. The van der Waals surface area contributed by atoms with Gasteiger partial charge in [-0.25, -0.2) is 0 Å². The van der Waals surface area contributed by atoms with E-state index in [1.165, 1.54) is 24.8 Å². The third kappa shape index (κ3) is 5.53. The van der Waals surface area contributed by atoms with Crippen LogP contribution >= 0.6 is 39.1 Å². The maximum absolute atomic E-state index is 5.93. The van der Waals surface area contributed by atoms with Crippen LogP contribution in [-0.2, 0) is 6.54 Å². The topological polar surface area (TPSA) is 12.0 Å². The van der Waals surface area contributed by atoms with Crippen molar-refractivity contribution < 1.29 is 0 Å². The average molecular weight is 325 g/mol. The molecule has 0 atom stereocenters. The van der Waals surface area contributed by atoms with Crippen molar-refractivity contribution in [3.63, 3.8) is 0 Å². The van der Waals surface area contributed by atoms with E-state index >= 15 is 0 Å². The van der Waals surface area contributed by atoms with Gasteiger partial charge in [-0.2, -0.15) is 0 Å². The lowest BCUT2D eigenvalue weighted by Gasteiger charge is -2.05. The van der Waals surface area contributed by atoms with Gasteiger partial charge in [0.15, 0.2) is 0 Å². The molecule has 16 heavy (non-hydrogen) atoms. The van der Waals surface area contributed by atoms with Crippen LogP contribution < -0.4 is 5.32 Å². The Morgan fingerprint density at radius 3 is 2.56 bits per heavy atom. The first-order chi connectivity index (χ1) is 7.74. The zero-order valence-corrected chi connectivity index (χ0v) is 12.2. The van der Waals surface area contributed by atoms with Crippen molar-refractivity contribution in [1.29, 1.82) is 0 Å². The molecule has 0 aliphatic heterocycles. The smallest absolute Gasteiger partial charge is 0.0595 e. The molecule has 0 spiro atoms. The van der Waals surface area contributed by atoms with Crippen molar-refractivity contribution in [2.45, 2.75) is 25.8 Å². The second-order valence-electron chi connectivity index (χ2n) is 3.67. The minimum absolute atomic E-state index is 0.614. The van der Waals surface area contributed by atoms with Crippen LogP contribution in [0, 0.1) is 0 Å². The molecular weight excluding hydrogens is 309 g/mol. The number of benzene rings is 1. The van der Waals surface area contributed by atoms with Crippen LogP contribution in [0.25, 0.3) is 0 Å². The first-order valence-electron chi connectivity index (χ1n) is 5.44. The molecule has 1 rings (SSSR count). The Hall–Kier alpha value is 0.240. The van der Waals surface area contributed by atoms with E-state index in [9.17, 15) is 0 Å². The normalized spacial score (nSPS) is 10.7. The van der Waals surface area contributed by atoms with Crippen LogP contribution in [0.1, 0.15) is 24.8 Å². The number of hydrogen-bond donors (Lipinski definition) is 1. The van der Waals surface area contributed by atoms with Crippen LogP contribution in [0.15, 0.2) is 18.2 Å². The highest BCUT2D eigenvalue weighted by Gasteiger charge is 1.98. The fraction of sp³-hybridized carbons (Fsp3) is 0.500. The monoisotopic (exact) mass is 323 g/mol. The van der Waals surface area contributed by atoms with Gasteiger partial charge in [0.2, 0.25) is 0 Å². The average Bonchev–Trinajstić information content (AvgIpc) is 2.28. The number of alkyl halides is 1. The summed E-state index contributed by atoms with van der Waals surface area (Å²) in [6, 6.07) is 5.75. The third-order valence-corrected chi connectivity index (χ3v) is 3.60. The van der Waals surface area contributed by atoms with Gasteiger partial charge in [-0.1, -0.05) is 51.6 Å². The quantitative estimate of drug-likeness (QED) is 0.568. The third-order valence-electron chi connectivity index (χ3n) is 2.30. The predicted molar refractivity (Wildman–Crippen MR) is 75.8 cm³/mol. The van der Waals surface area contributed by atoms with Gasteiger partial charge in [0.05, 0.1) is 10.0 Å². The molecule has 1 nitrogen and oxygen atoms in total. The van der Waals surface area contributed by atoms with Crippen LogP contribution in [0.5, 0.6) is 0 Å². The van der Waals surface area contributed by atoms with Gasteiger partial charge in [-0.15, -0.1) is 0 Å². The predicted octanol–water partition coefficient (Wildman–Crippen LogP) is 4.65. The zero-order chi connectivity index (χ0) is 11.8. The number of hydrogen-bond acceptors (Lipinski definition) is 1. The lowest BCUT2D eigenvalue weighted by atomic mass is 10.2. The molecule has 0 aliphatic carbocycles. The lowest BCUT2D eigenvalue weighted by molar-refractivity contribution is 0.619.